The average Bonchev–Trinajstić information content (AvgIpc) is 2.26. The second kappa shape index (κ2) is 4.93. The van der Waals surface area contributed by atoms with Crippen LogP contribution in [-0.2, 0) is 0 Å². The Bertz CT molecular complexity index is 388. The van der Waals surface area contributed by atoms with E-state index in [1.807, 2.05) is 30.3 Å². The second-order valence-electron chi connectivity index (χ2n) is 2.78. The minimum atomic E-state index is -0.409. The molecular weight excluding hydrogens is 174 g/mol. The molecule has 0 aliphatic heterocycles. The van der Waals surface area contributed by atoms with Crippen LogP contribution in [0.5, 0.6) is 0 Å². The zero-order chi connectivity index (χ0) is 10.4. The van der Waals surface area contributed by atoms with Crippen LogP contribution in [-0.4, -0.2) is 6.04 Å². The van der Waals surface area contributed by atoms with Gasteiger partial charge in [-0.05, 0) is 13.0 Å². The highest BCUT2D eigenvalue weighted by molar-refractivity contribution is 5.62. The molecule has 1 aromatic carbocycles. The number of hydrogen-bond donors (Lipinski definition) is 0. The maximum Gasteiger partial charge on any atom is 0.154 e. The maximum absolute atomic E-state index is 8.52. The highest BCUT2D eigenvalue weighted by Gasteiger charge is 1.97. The van der Waals surface area contributed by atoms with E-state index >= 15 is 0 Å². The predicted molar refractivity (Wildman–Crippen MR) is 56.1 cm³/mol. The lowest BCUT2D eigenvalue weighted by atomic mass is 10.2. The van der Waals surface area contributed by atoms with E-state index in [2.05, 4.69) is 16.8 Å². The third-order valence-corrected chi connectivity index (χ3v) is 1.68. The van der Waals surface area contributed by atoms with Crippen molar-refractivity contribution < 1.29 is 0 Å². The summed E-state index contributed by atoms with van der Waals surface area (Å²) < 4.78 is 0. The summed E-state index contributed by atoms with van der Waals surface area (Å²) in [7, 11) is 0. The van der Waals surface area contributed by atoms with Gasteiger partial charge in [0.2, 0.25) is 0 Å². The van der Waals surface area contributed by atoms with Gasteiger partial charge in [-0.1, -0.05) is 30.9 Å². The number of rotatable bonds is 3. The van der Waals surface area contributed by atoms with Gasteiger partial charge in [0.1, 0.15) is 0 Å². The fourth-order valence-corrected chi connectivity index (χ4v) is 0.926. The van der Waals surface area contributed by atoms with Crippen LogP contribution in [0.1, 0.15) is 12.5 Å². The van der Waals surface area contributed by atoms with Gasteiger partial charge in [0.25, 0.3) is 0 Å². The Kier molecular flexibility index (Phi) is 3.57. The van der Waals surface area contributed by atoms with Gasteiger partial charge < -0.3 is 0 Å². The molecule has 0 spiro atoms. The normalized spacial score (nSPS) is 12.3. The minimum Gasteiger partial charge on any atom is -0.196 e. The lowest BCUT2D eigenvalue weighted by Crippen LogP contribution is -1.88. The van der Waals surface area contributed by atoms with Crippen molar-refractivity contribution in [3.63, 3.8) is 0 Å². The molecular formula is C11H11N3. The van der Waals surface area contributed by atoms with Crippen molar-refractivity contribution in [2.75, 3.05) is 0 Å². The quantitative estimate of drug-likeness (QED) is 0.666. The van der Waals surface area contributed by atoms with Gasteiger partial charge in [0.05, 0.1) is 11.8 Å². The molecule has 3 heteroatoms. The molecule has 0 aliphatic rings. The molecule has 1 aromatic rings. The zero-order valence-corrected chi connectivity index (χ0v) is 8.01. The fraction of sp³-hybridized carbons (Fsp3) is 0.182. The Morgan fingerprint density at radius 2 is 2.21 bits per heavy atom. The summed E-state index contributed by atoms with van der Waals surface area (Å²) in [5.74, 6) is 0. The molecule has 3 nitrogen and oxygen atoms in total. The van der Waals surface area contributed by atoms with Crippen molar-refractivity contribution in [1.29, 1.82) is 5.26 Å². The first-order chi connectivity index (χ1) is 6.77. The van der Waals surface area contributed by atoms with Crippen LogP contribution in [0.15, 0.2) is 41.1 Å². The topological polar surface area (TPSA) is 48.5 Å². The molecule has 0 saturated carbocycles. The Balaban J connectivity index is 2.92. The lowest BCUT2D eigenvalue weighted by molar-refractivity contribution is 0.864. The second-order valence-corrected chi connectivity index (χ2v) is 2.78. The largest absolute Gasteiger partial charge is 0.196 e. The van der Waals surface area contributed by atoms with Gasteiger partial charge in [0, 0.05) is 5.56 Å². The molecule has 0 fully saturated rings. The van der Waals surface area contributed by atoms with Gasteiger partial charge in [-0.15, -0.1) is 0 Å². The highest BCUT2D eigenvalue weighted by Crippen LogP contribution is 2.20. The summed E-state index contributed by atoms with van der Waals surface area (Å²) in [4.78, 5) is 0. The molecule has 1 rings (SSSR count). The van der Waals surface area contributed by atoms with E-state index in [9.17, 15) is 0 Å². The third kappa shape index (κ3) is 2.53. The van der Waals surface area contributed by atoms with Crippen molar-refractivity contribution in [2.45, 2.75) is 13.0 Å². The van der Waals surface area contributed by atoms with Gasteiger partial charge in [-0.25, -0.2) is 0 Å². The summed E-state index contributed by atoms with van der Waals surface area (Å²) >= 11 is 0. The van der Waals surface area contributed by atoms with E-state index in [-0.39, 0.29) is 0 Å². The minimum absolute atomic E-state index is 0.409. The number of benzene rings is 1. The van der Waals surface area contributed by atoms with Crippen LogP contribution in [0.25, 0.3) is 6.08 Å². The van der Waals surface area contributed by atoms with Crippen molar-refractivity contribution in [2.24, 2.45) is 10.2 Å². The molecule has 0 radical (unpaired) electrons. The van der Waals surface area contributed by atoms with E-state index in [1.165, 1.54) is 0 Å². The number of azo groups is 1. The molecule has 0 saturated heterocycles. The lowest BCUT2D eigenvalue weighted by Gasteiger charge is -1.97. The van der Waals surface area contributed by atoms with Crippen molar-refractivity contribution in [3.8, 4) is 6.07 Å². The first-order valence-electron chi connectivity index (χ1n) is 4.30. The van der Waals surface area contributed by atoms with E-state index in [0.29, 0.717) is 0 Å². The summed E-state index contributed by atoms with van der Waals surface area (Å²) in [5, 5.41) is 16.3. The van der Waals surface area contributed by atoms with Crippen LogP contribution in [0.3, 0.4) is 0 Å². The first-order valence-corrected chi connectivity index (χ1v) is 4.30. The van der Waals surface area contributed by atoms with E-state index < -0.39 is 6.04 Å². The third-order valence-electron chi connectivity index (χ3n) is 1.68. The van der Waals surface area contributed by atoms with Crippen LogP contribution in [0.4, 0.5) is 5.69 Å². The molecule has 0 aromatic heterocycles. The summed E-state index contributed by atoms with van der Waals surface area (Å²) in [6.07, 6.45) is 1.71. The smallest absolute Gasteiger partial charge is 0.154 e. The molecule has 0 amide bonds. The SMILES string of the molecule is C=Cc1ccccc1/N=N/C(C)C#N. The van der Waals surface area contributed by atoms with E-state index in [0.717, 1.165) is 11.3 Å². The van der Waals surface area contributed by atoms with Crippen molar-refractivity contribution in [3.05, 3.63) is 36.4 Å². The molecule has 0 aliphatic carbocycles. The zero-order valence-electron chi connectivity index (χ0n) is 8.01. The van der Waals surface area contributed by atoms with Crippen LogP contribution in [0.2, 0.25) is 0 Å². The highest BCUT2D eigenvalue weighted by atomic mass is 15.1. The van der Waals surface area contributed by atoms with Crippen molar-refractivity contribution in [1.82, 2.24) is 0 Å². The monoisotopic (exact) mass is 185 g/mol. The molecule has 0 heterocycles. The first kappa shape index (κ1) is 10.1. The fourth-order valence-electron chi connectivity index (χ4n) is 0.926. The van der Waals surface area contributed by atoms with Crippen molar-refractivity contribution >= 4 is 11.8 Å². The Morgan fingerprint density at radius 1 is 1.50 bits per heavy atom. The van der Waals surface area contributed by atoms with Gasteiger partial charge >= 0.3 is 0 Å². The molecule has 14 heavy (non-hydrogen) atoms. The Hall–Kier alpha value is -1.95. The maximum atomic E-state index is 8.52. The van der Waals surface area contributed by atoms with E-state index in [1.54, 1.807) is 13.0 Å². The van der Waals surface area contributed by atoms with Gasteiger partial charge in [-0.3, -0.25) is 0 Å². The van der Waals surface area contributed by atoms with E-state index in [4.69, 9.17) is 5.26 Å². The average molecular weight is 185 g/mol. The molecule has 0 bridgehead atoms. The molecule has 1 atom stereocenters. The van der Waals surface area contributed by atoms with Crippen LogP contribution in [0, 0.1) is 11.3 Å². The number of nitrogens with zero attached hydrogens (tertiary/aromatic N) is 3. The van der Waals surface area contributed by atoms with Gasteiger partial charge in [0.15, 0.2) is 6.04 Å². The Labute approximate surface area is 83.4 Å². The van der Waals surface area contributed by atoms with Gasteiger partial charge in [-0.2, -0.15) is 15.5 Å². The summed E-state index contributed by atoms with van der Waals surface area (Å²) in [6.45, 7) is 5.37. The number of nitriles is 1. The molecule has 70 valence electrons. The molecule has 0 N–H and O–H groups in total. The predicted octanol–water partition coefficient (Wildman–Crippen LogP) is 3.33. The summed E-state index contributed by atoms with van der Waals surface area (Å²) in [5.41, 5.74) is 1.66. The van der Waals surface area contributed by atoms with Crippen LogP contribution < -0.4 is 0 Å². The van der Waals surface area contributed by atoms with Crippen LogP contribution >= 0.6 is 0 Å². The standard InChI is InChI=1S/C11H11N3/c1-3-10-6-4-5-7-11(10)14-13-9(2)8-12/h3-7,9H,1H2,2H3/b14-13+. The number of hydrogen-bond acceptors (Lipinski definition) is 3. The Morgan fingerprint density at radius 3 is 2.86 bits per heavy atom. The summed E-state index contributed by atoms with van der Waals surface area (Å²) in [6, 6.07) is 9.10. The molecule has 1 unspecified atom stereocenters.